The van der Waals surface area contributed by atoms with Crippen molar-refractivity contribution in [1.82, 2.24) is 0 Å². The number of ether oxygens (including phenoxy) is 1. The van der Waals surface area contributed by atoms with Crippen LogP contribution in [0, 0.1) is 36.8 Å². The Morgan fingerprint density at radius 1 is 1.13 bits per heavy atom. The Hall–Kier alpha value is -3.42. The number of benzene rings is 2. The fourth-order valence-corrected chi connectivity index (χ4v) is 3.89. The van der Waals surface area contributed by atoms with Crippen LogP contribution in [0.3, 0.4) is 0 Å². The first-order valence-electron chi connectivity index (χ1n) is 10.2. The molecule has 164 valence electrons. The highest BCUT2D eigenvalue weighted by atomic mass is 16.6. The molecule has 1 N–H and O–H groups in total. The van der Waals surface area contributed by atoms with Gasteiger partial charge in [-0.25, -0.2) is 0 Å². The maximum Gasteiger partial charge on any atom is 0.271 e. The van der Waals surface area contributed by atoms with Crippen LogP contribution >= 0.6 is 0 Å². The van der Waals surface area contributed by atoms with E-state index in [1.54, 1.807) is 6.92 Å². The minimum absolute atomic E-state index is 0.143. The fraction of sp³-hybridized carbons (Fsp3) is 0.391. The second-order valence-corrected chi connectivity index (χ2v) is 8.34. The van der Waals surface area contributed by atoms with Gasteiger partial charge in [-0.3, -0.25) is 24.6 Å². The molecule has 2 unspecified atom stereocenters. The van der Waals surface area contributed by atoms with Gasteiger partial charge in [0.1, 0.15) is 11.8 Å². The normalized spacial score (nSPS) is 16.5. The van der Waals surface area contributed by atoms with Crippen molar-refractivity contribution in [2.75, 3.05) is 10.2 Å². The van der Waals surface area contributed by atoms with Crippen molar-refractivity contribution in [2.24, 2.45) is 5.92 Å². The number of carbonyl (C=O) groups excluding carboxylic acids is 2. The summed E-state index contributed by atoms with van der Waals surface area (Å²) >= 11 is 0. The lowest BCUT2D eigenvalue weighted by molar-refractivity contribution is -0.384. The Morgan fingerprint density at radius 2 is 1.74 bits per heavy atom. The Bertz CT molecular complexity index is 1040. The minimum Gasteiger partial charge on any atom is -0.478 e. The smallest absolute Gasteiger partial charge is 0.271 e. The molecule has 0 saturated carbocycles. The molecule has 2 amide bonds. The summed E-state index contributed by atoms with van der Waals surface area (Å²) in [6, 6.07) is 7.12. The van der Waals surface area contributed by atoms with Gasteiger partial charge in [0.25, 0.3) is 11.6 Å². The molecule has 0 radical (unpaired) electrons. The van der Waals surface area contributed by atoms with E-state index in [2.05, 4.69) is 5.32 Å². The van der Waals surface area contributed by atoms with Gasteiger partial charge in [-0.2, -0.15) is 0 Å². The van der Waals surface area contributed by atoms with E-state index >= 15 is 0 Å². The molecule has 2 atom stereocenters. The predicted octanol–water partition coefficient (Wildman–Crippen LogP) is 4.30. The second kappa shape index (κ2) is 8.37. The van der Waals surface area contributed by atoms with Crippen molar-refractivity contribution in [2.45, 2.75) is 53.7 Å². The maximum atomic E-state index is 13.2. The molecule has 0 aliphatic carbocycles. The SMILES string of the molecule is Cc1cc(C)c(NC(=O)C(C)N2C(=O)C(C(C)C)Oc3ccc([N+](=O)[O-])cc32)c(C)c1. The quantitative estimate of drug-likeness (QED) is 0.568. The van der Waals surface area contributed by atoms with Crippen LogP contribution in [0.25, 0.3) is 0 Å². The number of hydrogen-bond acceptors (Lipinski definition) is 5. The summed E-state index contributed by atoms with van der Waals surface area (Å²) < 4.78 is 5.82. The van der Waals surface area contributed by atoms with Gasteiger partial charge in [-0.05, 0) is 50.8 Å². The lowest BCUT2D eigenvalue weighted by Gasteiger charge is -2.38. The van der Waals surface area contributed by atoms with E-state index in [0.717, 1.165) is 16.7 Å². The Labute approximate surface area is 181 Å². The largest absolute Gasteiger partial charge is 0.478 e. The van der Waals surface area contributed by atoms with Crippen LogP contribution in [0.15, 0.2) is 30.3 Å². The van der Waals surface area contributed by atoms with E-state index < -0.39 is 23.0 Å². The van der Waals surface area contributed by atoms with Gasteiger partial charge < -0.3 is 10.1 Å². The van der Waals surface area contributed by atoms with Gasteiger partial charge in [0, 0.05) is 17.8 Å². The molecule has 0 fully saturated rings. The fourth-order valence-electron chi connectivity index (χ4n) is 3.89. The van der Waals surface area contributed by atoms with Crippen molar-refractivity contribution in [3.05, 3.63) is 57.1 Å². The van der Waals surface area contributed by atoms with E-state index in [-0.39, 0.29) is 23.2 Å². The second-order valence-electron chi connectivity index (χ2n) is 8.34. The van der Waals surface area contributed by atoms with E-state index in [1.165, 1.54) is 23.1 Å². The lowest BCUT2D eigenvalue weighted by Crippen LogP contribution is -2.55. The zero-order valence-corrected chi connectivity index (χ0v) is 18.6. The topological polar surface area (TPSA) is 102 Å². The average molecular weight is 425 g/mol. The van der Waals surface area contributed by atoms with Gasteiger partial charge in [0.05, 0.1) is 10.6 Å². The highest BCUT2D eigenvalue weighted by molar-refractivity contribution is 6.08. The predicted molar refractivity (Wildman–Crippen MR) is 119 cm³/mol. The monoisotopic (exact) mass is 425 g/mol. The summed E-state index contributed by atoms with van der Waals surface area (Å²) in [5.41, 5.74) is 3.66. The number of hydrogen-bond donors (Lipinski definition) is 1. The third-order valence-corrected chi connectivity index (χ3v) is 5.45. The van der Waals surface area contributed by atoms with Crippen molar-refractivity contribution in [1.29, 1.82) is 0 Å². The highest BCUT2D eigenvalue weighted by Gasteiger charge is 2.41. The third-order valence-electron chi connectivity index (χ3n) is 5.45. The summed E-state index contributed by atoms with van der Waals surface area (Å²) in [4.78, 5) is 38.5. The van der Waals surface area contributed by atoms with Crippen LogP contribution in [0.1, 0.15) is 37.5 Å². The molecule has 3 rings (SSSR count). The molecule has 1 aliphatic rings. The standard InChI is InChI=1S/C23H27N3O5/c1-12(2)21-23(28)25(18-11-17(26(29)30)7-8-19(18)31-21)16(6)22(27)24-20-14(4)9-13(3)10-15(20)5/h7-12,16,21H,1-6H3,(H,24,27). The first-order valence-corrected chi connectivity index (χ1v) is 10.2. The van der Waals surface area contributed by atoms with Gasteiger partial charge in [-0.15, -0.1) is 0 Å². The molecule has 2 aromatic rings. The minimum atomic E-state index is -0.904. The van der Waals surface area contributed by atoms with Crippen molar-refractivity contribution in [3.8, 4) is 5.75 Å². The van der Waals surface area contributed by atoms with Crippen LogP contribution in [0.2, 0.25) is 0 Å². The van der Waals surface area contributed by atoms with E-state index in [0.29, 0.717) is 11.4 Å². The summed E-state index contributed by atoms with van der Waals surface area (Å²) in [7, 11) is 0. The van der Waals surface area contributed by atoms with Crippen LogP contribution < -0.4 is 15.0 Å². The van der Waals surface area contributed by atoms with E-state index in [1.807, 2.05) is 46.8 Å². The molecule has 2 aromatic carbocycles. The molecule has 1 aliphatic heterocycles. The number of amides is 2. The molecule has 0 bridgehead atoms. The number of non-ortho nitro benzene ring substituents is 1. The van der Waals surface area contributed by atoms with Crippen LogP contribution in [0.4, 0.5) is 17.1 Å². The summed E-state index contributed by atoms with van der Waals surface area (Å²) in [6.07, 6.45) is -0.785. The molecule has 8 nitrogen and oxygen atoms in total. The highest BCUT2D eigenvalue weighted by Crippen LogP contribution is 2.39. The number of anilines is 2. The molecular weight excluding hydrogens is 398 g/mol. The van der Waals surface area contributed by atoms with Crippen molar-refractivity contribution < 1.29 is 19.2 Å². The van der Waals surface area contributed by atoms with Crippen LogP contribution in [-0.2, 0) is 9.59 Å². The number of nitrogens with one attached hydrogen (secondary N) is 1. The molecule has 1 heterocycles. The molecule has 0 spiro atoms. The Balaban J connectivity index is 2.01. The zero-order chi connectivity index (χ0) is 23.0. The third kappa shape index (κ3) is 4.23. The van der Waals surface area contributed by atoms with Crippen LogP contribution in [0.5, 0.6) is 5.75 Å². The van der Waals surface area contributed by atoms with Gasteiger partial charge in [0.15, 0.2) is 6.10 Å². The molecule has 8 heteroatoms. The number of nitro groups is 1. The number of carbonyl (C=O) groups is 2. The van der Waals surface area contributed by atoms with Crippen molar-refractivity contribution in [3.63, 3.8) is 0 Å². The number of nitrogens with zero attached hydrogens (tertiary/aromatic N) is 2. The number of rotatable bonds is 5. The number of nitro benzene ring substituents is 1. The van der Waals surface area contributed by atoms with E-state index in [9.17, 15) is 19.7 Å². The van der Waals surface area contributed by atoms with E-state index in [4.69, 9.17) is 4.74 Å². The first-order chi connectivity index (χ1) is 14.5. The summed E-state index contributed by atoms with van der Waals surface area (Å²) in [5.74, 6) is -0.588. The molecule has 0 aromatic heterocycles. The number of aryl methyl sites for hydroxylation is 3. The zero-order valence-electron chi connectivity index (χ0n) is 18.6. The van der Waals surface area contributed by atoms with Crippen LogP contribution in [-0.4, -0.2) is 28.9 Å². The van der Waals surface area contributed by atoms with Gasteiger partial charge in [-0.1, -0.05) is 31.5 Å². The molecule has 31 heavy (non-hydrogen) atoms. The maximum absolute atomic E-state index is 13.2. The Kier molecular flexibility index (Phi) is 6.01. The molecular formula is C23H27N3O5. The molecule has 0 saturated heterocycles. The summed E-state index contributed by atoms with van der Waals surface area (Å²) in [6.45, 7) is 11.1. The van der Waals surface area contributed by atoms with Crippen molar-refractivity contribution >= 4 is 28.9 Å². The number of fused-ring (bicyclic) bond motifs is 1. The lowest BCUT2D eigenvalue weighted by atomic mass is 10.0. The van der Waals surface area contributed by atoms with Gasteiger partial charge in [0.2, 0.25) is 5.91 Å². The summed E-state index contributed by atoms with van der Waals surface area (Å²) in [5, 5.41) is 14.2. The van der Waals surface area contributed by atoms with Gasteiger partial charge >= 0.3 is 0 Å². The first kappa shape index (κ1) is 22.3. The Morgan fingerprint density at radius 3 is 2.29 bits per heavy atom. The average Bonchev–Trinajstić information content (AvgIpc) is 2.68.